The zero-order valence-corrected chi connectivity index (χ0v) is 11.5. The molecule has 104 valence electrons. The van der Waals surface area contributed by atoms with Crippen molar-refractivity contribution in [2.45, 2.75) is 32.9 Å². The summed E-state index contributed by atoms with van der Waals surface area (Å²) in [4.78, 5) is 14.2. The molecule has 1 aliphatic rings. The number of hydrogen-bond donors (Lipinski definition) is 2. The van der Waals surface area contributed by atoms with Crippen LogP contribution in [0.1, 0.15) is 41.3 Å². The minimum absolute atomic E-state index is 0.0158. The summed E-state index contributed by atoms with van der Waals surface area (Å²) in [5, 5.41) is 12.4. The van der Waals surface area contributed by atoms with Gasteiger partial charge >= 0.3 is 0 Å². The molecule has 1 amide bonds. The van der Waals surface area contributed by atoms with Crippen LogP contribution in [0, 0.1) is 0 Å². The number of nitrogens with one attached hydrogen (secondary N) is 1. The Bertz CT molecular complexity index is 446. The van der Waals surface area contributed by atoms with Crippen LogP contribution in [0.25, 0.3) is 0 Å². The van der Waals surface area contributed by atoms with E-state index in [-0.39, 0.29) is 12.5 Å². The Morgan fingerprint density at radius 2 is 2.11 bits per heavy atom. The molecule has 0 saturated heterocycles. The van der Waals surface area contributed by atoms with E-state index >= 15 is 0 Å². The highest BCUT2D eigenvalue weighted by Crippen LogP contribution is 2.18. The number of aliphatic hydroxyl groups is 1. The predicted octanol–water partition coefficient (Wildman–Crippen LogP) is 1.52. The Labute approximate surface area is 114 Å². The van der Waals surface area contributed by atoms with Crippen LogP contribution in [-0.4, -0.2) is 35.6 Å². The number of unbranched alkanes of at least 4 members (excludes halogenated alkanes) is 1. The first-order valence-corrected chi connectivity index (χ1v) is 6.99. The zero-order valence-electron chi connectivity index (χ0n) is 11.5. The van der Waals surface area contributed by atoms with Gasteiger partial charge in [0.15, 0.2) is 0 Å². The maximum absolute atomic E-state index is 12.4. The summed E-state index contributed by atoms with van der Waals surface area (Å²) in [5.74, 6) is 0.0252. The summed E-state index contributed by atoms with van der Waals surface area (Å²) in [6, 6.07) is 5.90. The van der Waals surface area contributed by atoms with Crippen molar-refractivity contribution in [2.24, 2.45) is 0 Å². The van der Waals surface area contributed by atoms with Crippen LogP contribution in [0.15, 0.2) is 18.2 Å². The van der Waals surface area contributed by atoms with E-state index in [0.717, 1.165) is 31.5 Å². The van der Waals surface area contributed by atoms with E-state index in [2.05, 4.69) is 12.2 Å². The molecule has 0 atom stereocenters. The molecule has 0 aliphatic carbocycles. The molecule has 0 spiro atoms. The number of carbonyl (C=O) groups excluding carboxylic acids is 1. The molecule has 4 nitrogen and oxygen atoms in total. The Hall–Kier alpha value is -1.39. The average Bonchev–Trinajstić information content (AvgIpc) is 2.90. The van der Waals surface area contributed by atoms with Crippen molar-refractivity contribution in [3.8, 4) is 0 Å². The molecule has 0 unspecified atom stereocenters. The van der Waals surface area contributed by atoms with Crippen molar-refractivity contribution in [1.82, 2.24) is 10.2 Å². The second-order valence-corrected chi connectivity index (χ2v) is 4.96. The molecule has 1 aliphatic heterocycles. The monoisotopic (exact) mass is 262 g/mol. The van der Waals surface area contributed by atoms with Crippen LogP contribution in [0.4, 0.5) is 0 Å². The molecule has 0 bridgehead atoms. The van der Waals surface area contributed by atoms with Crippen LogP contribution in [-0.2, 0) is 13.1 Å². The van der Waals surface area contributed by atoms with Crippen LogP contribution in [0.2, 0.25) is 0 Å². The van der Waals surface area contributed by atoms with Crippen LogP contribution in [0.5, 0.6) is 0 Å². The van der Waals surface area contributed by atoms with E-state index in [1.807, 2.05) is 18.2 Å². The number of rotatable bonds is 6. The fourth-order valence-corrected chi connectivity index (χ4v) is 2.39. The number of hydrogen-bond acceptors (Lipinski definition) is 3. The molecule has 19 heavy (non-hydrogen) atoms. The number of nitrogens with zero attached hydrogens (tertiary/aromatic N) is 1. The Morgan fingerprint density at radius 1 is 1.32 bits per heavy atom. The molecule has 4 heteroatoms. The zero-order chi connectivity index (χ0) is 13.7. The van der Waals surface area contributed by atoms with E-state index in [0.29, 0.717) is 13.1 Å². The largest absolute Gasteiger partial charge is 0.395 e. The minimum Gasteiger partial charge on any atom is -0.395 e. The lowest BCUT2D eigenvalue weighted by molar-refractivity contribution is 0.0719. The topological polar surface area (TPSA) is 52.6 Å². The SMILES string of the molecule is CCCCN(CCO)C(=O)c1ccc2c(c1)CNC2. The smallest absolute Gasteiger partial charge is 0.253 e. The third-order valence-corrected chi connectivity index (χ3v) is 3.52. The second kappa shape index (κ2) is 6.68. The van der Waals surface area contributed by atoms with Crippen LogP contribution in [0.3, 0.4) is 0 Å². The summed E-state index contributed by atoms with van der Waals surface area (Å²) >= 11 is 0. The third-order valence-electron chi connectivity index (χ3n) is 3.52. The van der Waals surface area contributed by atoms with Gasteiger partial charge in [-0.25, -0.2) is 0 Å². The summed E-state index contributed by atoms with van der Waals surface area (Å²) in [6.07, 6.45) is 2.02. The number of fused-ring (bicyclic) bond motifs is 1. The van der Waals surface area contributed by atoms with Gasteiger partial charge in [-0.15, -0.1) is 0 Å². The molecule has 0 aromatic heterocycles. The van der Waals surface area contributed by atoms with Crippen molar-refractivity contribution in [1.29, 1.82) is 0 Å². The summed E-state index contributed by atoms with van der Waals surface area (Å²) in [6.45, 7) is 4.97. The van der Waals surface area contributed by atoms with Crippen molar-refractivity contribution in [3.05, 3.63) is 34.9 Å². The minimum atomic E-state index is 0.0158. The maximum Gasteiger partial charge on any atom is 0.253 e. The molecule has 1 aromatic carbocycles. The van der Waals surface area contributed by atoms with E-state index in [4.69, 9.17) is 5.11 Å². The van der Waals surface area contributed by atoms with Crippen molar-refractivity contribution >= 4 is 5.91 Å². The van der Waals surface area contributed by atoms with Gasteiger partial charge in [-0.3, -0.25) is 4.79 Å². The fourth-order valence-electron chi connectivity index (χ4n) is 2.39. The lowest BCUT2D eigenvalue weighted by atomic mass is 10.1. The molecular weight excluding hydrogens is 240 g/mol. The molecule has 0 fully saturated rings. The fraction of sp³-hybridized carbons (Fsp3) is 0.533. The van der Waals surface area contributed by atoms with Crippen LogP contribution < -0.4 is 5.32 Å². The number of carbonyl (C=O) groups is 1. The summed E-state index contributed by atoms with van der Waals surface area (Å²) < 4.78 is 0. The van der Waals surface area contributed by atoms with Gasteiger partial charge in [0.1, 0.15) is 0 Å². The Balaban J connectivity index is 2.11. The van der Waals surface area contributed by atoms with Gasteiger partial charge in [-0.1, -0.05) is 19.4 Å². The first-order chi connectivity index (χ1) is 9.26. The predicted molar refractivity (Wildman–Crippen MR) is 74.9 cm³/mol. The number of benzene rings is 1. The Morgan fingerprint density at radius 3 is 2.84 bits per heavy atom. The van der Waals surface area contributed by atoms with E-state index in [1.54, 1.807) is 4.90 Å². The standard InChI is InChI=1S/C15H22N2O2/c1-2-3-6-17(7-8-18)15(19)12-4-5-13-10-16-11-14(13)9-12/h4-5,9,16,18H,2-3,6-8,10-11H2,1H3. The molecule has 1 aromatic rings. The lowest BCUT2D eigenvalue weighted by Crippen LogP contribution is -2.34. The van der Waals surface area contributed by atoms with Gasteiger partial charge in [0.2, 0.25) is 0 Å². The maximum atomic E-state index is 12.4. The molecular formula is C15H22N2O2. The van der Waals surface area contributed by atoms with Gasteiger partial charge in [-0.2, -0.15) is 0 Å². The van der Waals surface area contributed by atoms with Gasteiger partial charge < -0.3 is 15.3 Å². The first kappa shape index (κ1) is 14.0. The quantitative estimate of drug-likeness (QED) is 0.817. The Kier molecular flexibility index (Phi) is 4.93. The van der Waals surface area contributed by atoms with Gasteiger partial charge in [0.05, 0.1) is 6.61 Å². The molecule has 2 N–H and O–H groups in total. The molecule has 2 rings (SSSR count). The third kappa shape index (κ3) is 3.33. The highest BCUT2D eigenvalue weighted by atomic mass is 16.3. The van der Waals surface area contributed by atoms with Crippen molar-refractivity contribution < 1.29 is 9.90 Å². The number of aliphatic hydroxyl groups excluding tert-OH is 1. The summed E-state index contributed by atoms with van der Waals surface area (Å²) in [5.41, 5.74) is 3.22. The summed E-state index contributed by atoms with van der Waals surface area (Å²) in [7, 11) is 0. The highest BCUT2D eigenvalue weighted by molar-refractivity contribution is 5.94. The van der Waals surface area contributed by atoms with Crippen LogP contribution >= 0.6 is 0 Å². The number of amides is 1. The van der Waals surface area contributed by atoms with E-state index in [1.165, 1.54) is 11.1 Å². The molecule has 0 saturated carbocycles. The van der Waals surface area contributed by atoms with Gasteiger partial charge in [0.25, 0.3) is 5.91 Å². The average molecular weight is 262 g/mol. The van der Waals surface area contributed by atoms with E-state index in [9.17, 15) is 4.79 Å². The van der Waals surface area contributed by atoms with Crippen molar-refractivity contribution in [3.63, 3.8) is 0 Å². The highest BCUT2D eigenvalue weighted by Gasteiger charge is 2.17. The first-order valence-electron chi connectivity index (χ1n) is 6.99. The molecule has 0 radical (unpaired) electrons. The lowest BCUT2D eigenvalue weighted by Gasteiger charge is -2.21. The van der Waals surface area contributed by atoms with Crippen molar-refractivity contribution in [2.75, 3.05) is 19.7 Å². The molecule has 1 heterocycles. The second-order valence-electron chi connectivity index (χ2n) is 4.96. The normalized spacial score (nSPS) is 13.4. The van der Waals surface area contributed by atoms with Gasteiger partial charge in [-0.05, 0) is 29.7 Å². The van der Waals surface area contributed by atoms with Gasteiger partial charge in [0, 0.05) is 31.7 Å². The van der Waals surface area contributed by atoms with E-state index < -0.39 is 0 Å².